The lowest BCUT2D eigenvalue weighted by molar-refractivity contribution is -0.116. The van der Waals surface area contributed by atoms with Crippen molar-refractivity contribution in [3.05, 3.63) is 11.6 Å². The molecule has 1 nitrogen and oxygen atoms in total. The molecule has 0 aliphatic carbocycles. The minimum Gasteiger partial charge on any atom is -0.300 e. The van der Waals surface area contributed by atoms with Gasteiger partial charge in [0.05, 0.1) is 0 Å². The number of Topliss-reactive ketones (excluding diaryl/α,β-unsaturated/α-hetero) is 1. The minimum absolute atomic E-state index is 0.281. The highest BCUT2D eigenvalue weighted by atomic mass is 16.1. The van der Waals surface area contributed by atoms with Gasteiger partial charge in [-0.05, 0) is 26.7 Å². The number of allylic oxidation sites excluding steroid dienone is 2. The van der Waals surface area contributed by atoms with E-state index in [9.17, 15) is 4.79 Å². The van der Waals surface area contributed by atoms with Crippen LogP contribution in [0.15, 0.2) is 11.6 Å². The highest BCUT2D eigenvalue weighted by Crippen LogP contribution is 2.04. The van der Waals surface area contributed by atoms with Crippen molar-refractivity contribution in [2.45, 2.75) is 40.0 Å². The molecule has 58 valence electrons. The second kappa shape index (κ2) is 5.21. The summed E-state index contributed by atoms with van der Waals surface area (Å²) in [5, 5.41) is 0. The van der Waals surface area contributed by atoms with Gasteiger partial charge in [-0.2, -0.15) is 0 Å². The third-order valence-corrected chi connectivity index (χ3v) is 1.42. The summed E-state index contributed by atoms with van der Waals surface area (Å²) in [6.07, 6.45) is 4.87. The van der Waals surface area contributed by atoms with E-state index in [4.69, 9.17) is 0 Å². The predicted octanol–water partition coefficient (Wildman–Crippen LogP) is 2.71. The largest absolute Gasteiger partial charge is 0.300 e. The van der Waals surface area contributed by atoms with Gasteiger partial charge < -0.3 is 4.79 Å². The van der Waals surface area contributed by atoms with E-state index in [1.807, 2.05) is 0 Å². The Labute approximate surface area is 63.1 Å². The van der Waals surface area contributed by atoms with E-state index in [2.05, 4.69) is 19.9 Å². The summed E-state index contributed by atoms with van der Waals surface area (Å²) in [6, 6.07) is 0. The molecule has 0 saturated carbocycles. The van der Waals surface area contributed by atoms with Crippen LogP contribution in [0.4, 0.5) is 0 Å². The van der Waals surface area contributed by atoms with Gasteiger partial charge in [0.15, 0.2) is 0 Å². The van der Waals surface area contributed by atoms with Gasteiger partial charge >= 0.3 is 0 Å². The van der Waals surface area contributed by atoms with Crippen molar-refractivity contribution in [3.63, 3.8) is 0 Å². The molecule has 10 heavy (non-hydrogen) atoms. The van der Waals surface area contributed by atoms with Crippen LogP contribution in [0.25, 0.3) is 0 Å². The maximum Gasteiger partial charge on any atom is 0.130 e. The summed E-state index contributed by atoms with van der Waals surface area (Å²) in [4.78, 5) is 10.5. The Bertz CT molecular complexity index is 134. The Kier molecular flexibility index (Phi) is 4.91. The van der Waals surface area contributed by atoms with Crippen molar-refractivity contribution < 1.29 is 4.79 Å². The summed E-state index contributed by atoms with van der Waals surface area (Å²) in [5.41, 5.74) is 1.33. The Morgan fingerprint density at radius 1 is 1.30 bits per heavy atom. The third-order valence-electron chi connectivity index (χ3n) is 1.42. The fourth-order valence-electron chi connectivity index (χ4n) is 0.824. The molecule has 0 aliphatic rings. The number of ketones is 1. The summed E-state index contributed by atoms with van der Waals surface area (Å²) in [7, 11) is 0. The maximum atomic E-state index is 10.5. The van der Waals surface area contributed by atoms with Crippen molar-refractivity contribution in [1.29, 1.82) is 0 Å². The summed E-state index contributed by atoms with van der Waals surface area (Å²) < 4.78 is 0. The highest BCUT2D eigenvalue weighted by Gasteiger charge is 1.93. The van der Waals surface area contributed by atoms with Gasteiger partial charge in [-0.15, -0.1) is 0 Å². The molecule has 0 saturated heterocycles. The molecule has 0 heterocycles. The highest BCUT2D eigenvalue weighted by molar-refractivity contribution is 5.75. The van der Waals surface area contributed by atoms with E-state index >= 15 is 0 Å². The summed E-state index contributed by atoms with van der Waals surface area (Å²) in [5.74, 6) is 0.281. The zero-order valence-corrected chi connectivity index (χ0v) is 7.11. The zero-order chi connectivity index (χ0) is 7.98. The number of carbonyl (C=O) groups is 1. The topological polar surface area (TPSA) is 17.1 Å². The second-order valence-electron chi connectivity index (χ2n) is 2.66. The molecule has 0 aromatic carbocycles. The van der Waals surface area contributed by atoms with Crippen LogP contribution in [0.3, 0.4) is 0 Å². The van der Waals surface area contributed by atoms with E-state index in [1.165, 1.54) is 5.57 Å². The molecule has 0 unspecified atom stereocenters. The van der Waals surface area contributed by atoms with Gasteiger partial charge in [-0.25, -0.2) is 0 Å². The fraction of sp³-hybridized carbons (Fsp3) is 0.667. The molecule has 0 fully saturated rings. The molecular weight excluding hydrogens is 124 g/mol. The van der Waals surface area contributed by atoms with Crippen LogP contribution >= 0.6 is 0 Å². The molecule has 0 radical (unpaired) electrons. The van der Waals surface area contributed by atoms with Crippen LogP contribution in [-0.2, 0) is 4.79 Å². The van der Waals surface area contributed by atoms with E-state index in [0.717, 1.165) is 12.8 Å². The monoisotopic (exact) mass is 140 g/mol. The van der Waals surface area contributed by atoms with E-state index < -0.39 is 0 Å². The average Bonchev–Trinajstić information content (AvgIpc) is 1.85. The lowest BCUT2D eigenvalue weighted by Crippen LogP contribution is -1.89. The first-order valence-corrected chi connectivity index (χ1v) is 3.82. The molecule has 0 rings (SSSR count). The quantitative estimate of drug-likeness (QED) is 0.549. The Balaban J connectivity index is 3.48. The average molecular weight is 140 g/mol. The standard InChI is InChI=1S/C9H16O/c1-4-5-8(2)6-7-9(3)10/h5H,4,6-7H2,1-3H3/b8-5+. The maximum absolute atomic E-state index is 10.5. The van der Waals surface area contributed by atoms with Gasteiger partial charge in [0.25, 0.3) is 0 Å². The van der Waals surface area contributed by atoms with E-state index in [0.29, 0.717) is 6.42 Å². The summed E-state index contributed by atoms with van der Waals surface area (Å²) >= 11 is 0. The third kappa shape index (κ3) is 5.54. The minimum atomic E-state index is 0.281. The van der Waals surface area contributed by atoms with Gasteiger partial charge in [0, 0.05) is 6.42 Å². The van der Waals surface area contributed by atoms with Crippen LogP contribution in [0.1, 0.15) is 40.0 Å². The summed E-state index contributed by atoms with van der Waals surface area (Å²) in [6.45, 7) is 5.82. The number of hydrogen-bond acceptors (Lipinski definition) is 1. The molecule has 0 aromatic heterocycles. The van der Waals surface area contributed by atoms with Crippen molar-refractivity contribution in [3.8, 4) is 0 Å². The normalized spacial score (nSPS) is 11.7. The second-order valence-corrected chi connectivity index (χ2v) is 2.66. The van der Waals surface area contributed by atoms with Crippen molar-refractivity contribution in [2.75, 3.05) is 0 Å². The number of carbonyl (C=O) groups excluding carboxylic acids is 1. The molecule has 0 aromatic rings. The SMILES string of the molecule is CC/C=C(\C)CCC(C)=O. The van der Waals surface area contributed by atoms with Gasteiger partial charge in [0.1, 0.15) is 5.78 Å². The predicted molar refractivity (Wildman–Crippen MR) is 44.0 cm³/mol. The number of rotatable bonds is 4. The van der Waals surface area contributed by atoms with Gasteiger partial charge in [0.2, 0.25) is 0 Å². The van der Waals surface area contributed by atoms with Crippen LogP contribution in [-0.4, -0.2) is 5.78 Å². The first-order valence-electron chi connectivity index (χ1n) is 3.82. The van der Waals surface area contributed by atoms with Gasteiger partial charge in [-0.1, -0.05) is 18.6 Å². The lowest BCUT2D eigenvalue weighted by Gasteiger charge is -1.96. The Morgan fingerprint density at radius 2 is 1.90 bits per heavy atom. The Hall–Kier alpha value is -0.590. The molecule has 1 heteroatoms. The molecule has 0 aliphatic heterocycles. The van der Waals surface area contributed by atoms with Crippen LogP contribution in [0, 0.1) is 0 Å². The first-order chi connectivity index (χ1) is 4.66. The fourth-order valence-corrected chi connectivity index (χ4v) is 0.824. The van der Waals surface area contributed by atoms with Crippen molar-refractivity contribution in [2.24, 2.45) is 0 Å². The molecule has 0 spiro atoms. The number of hydrogen-bond donors (Lipinski definition) is 0. The van der Waals surface area contributed by atoms with Crippen molar-refractivity contribution in [1.82, 2.24) is 0 Å². The molecule has 0 atom stereocenters. The lowest BCUT2D eigenvalue weighted by atomic mass is 10.1. The van der Waals surface area contributed by atoms with E-state index in [-0.39, 0.29) is 5.78 Å². The first kappa shape index (κ1) is 9.41. The van der Waals surface area contributed by atoms with Crippen LogP contribution in [0.2, 0.25) is 0 Å². The molecule has 0 N–H and O–H groups in total. The van der Waals surface area contributed by atoms with Gasteiger partial charge in [-0.3, -0.25) is 0 Å². The zero-order valence-electron chi connectivity index (χ0n) is 7.11. The molecule has 0 amide bonds. The van der Waals surface area contributed by atoms with E-state index in [1.54, 1.807) is 6.92 Å². The molecule has 0 bridgehead atoms. The van der Waals surface area contributed by atoms with Crippen LogP contribution in [0.5, 0.6) is 0 Å². The van der Waals surface area contributed by atoms with Crippen molar-refractivity contribution >= 4 is 5.78 Å². The Morgan fingerprint density at radius 3 is 2.30 bits per heavy atom. The molecular formula is C9H16O. The van der Waals surface area contributed by atoms with Crippen LogP contribution < -0.4 is 0 Å². The smallest absolute Gasteiger partial charge is 0.130 e.